The number of hydrogen-bond donors (Lipinski definition) is 3. The molecule has 0 spiro atoms. The molecular weight excluding hydrogens is 573 g/mol. The molecule has 0 saturated carbocycles. The van der Waals surface area contributed by atoms with Crippen LogP contribution in [0, 0.1) is 5.41 Å². The summed E-state index contributed by atoms with van der Waals surface area (Å²) in [6.45, 7) is 2.76. The van der Waals surface area contributed by atoms with Gasteiger partial charge < -0.3 is 25.4 Å². The molecule has 13 heteroatoms. The second kappa shape index (κ2) is 12.0. The Balaban J connectivity index is 1.61. The second-order valence-electron chi connectivity index (χ2n) is 10.6. The number of halogens is 2. The van der Waals surface area contributed by atoms with Crippen LogP contribution in [0.15, 0.2) is 53.6 Å². The maximum absolute atomic E-state index is 14.0. The van der Waals surface area contributed by atoms with Crippen molar-refractivity contribution in [2.45, 2.75) is 38.3 Å². The molecule has 0 aliphatic carbocycles. The van der Waals surface area contributed by atoms with Gasteiger partial charge in [0.15, 0.2) is 0 Å². The normalized spacial score (nSPS) is 19.2. The van der Waals surface area contributed by atoms with Gasteiger partial charge in [0.05, 0.1) is 5.71 Å². The summed E-state index contributed by atoms with van der Waals surface area (Å²) in [4.78, 5) is 53.4. The molecule has 4 amide bonds. The molecule has 2 aromatic carbocycles. The quantitative estimate of drug-likeness (QED) is 0.402. The summed E-state index contributed by atoms with van der Waals surface area (Å²) in [5.74, 6) is -1.17. The highest BCUT2D eigenvalue weighted by Crippen LogP contribution is 2.38. The average Bonchev–Trinajstić information content (AvgIpc) is 3.14. The minimum Gasteiger partial charge on any atom is -0.491 e. The van der Waals surface area contributed by atoms with E-state index in [-0.39, 0.29) is 31.4 Å². The standard InChI is InChI=1S/C28H31Cl2N5O6/c1-27(2,32-26(39)40)24(37)31-21(15-41-20-12-18(29)11-19(30)13-20)23(36)35-10-9-22-28(16-35,25(38)34(3)33-22)14-17-7-5-4-6-8-17/h4-8,11-13,21,32H,9-10,14-16H2,1-3H3,(H,31,37)(H,39,40)/t21-,28-/m1/s1. The van der Waals surface area contributed by atoms with Crippen molar-refractivity contribution < 1.29 is 29.0 Å². The van der Waals surface area contributed by atoms with Crippen LogP contribution in [0.5, 0.6) is 5.75 Å². The first-order chi connectivity index (χ1) is 19.3. The van der Waals surface area contributed by atoms with Gasteiger partial charge in [-0.3, -0.25) is 14.4 Å². The maximum atomic E-state index is 14.0. The molecule has 2 aromatic rings. The number of carbonyl (C=O) groups excluding carboxylic acids is 3. The fraction of sp³-hybridized carbons (Fsp3) is 0.393. The van der Waals surface area contributed by atoms with E-state index in [0.29, 0.717) is 28.6 Å². The summed E-state index contributed by atoms with van der Waals surface area (Å²) in [6.07, 6.45) is -0.678. The van der Waals surface area contributed by atoms with Gasteiger partial charge in [-0.2, -0.15) is 5.10 Å². The van der Waals surface area contributed by atoms with Crippen LogP contribution >= 0.6 is 23.2 Å². The summed E-state index contributed by atoms with van der Waals surface area (Å²) in [5.41, 5.74) is -0.977. The van der Waals surface area contributed by atoms with Gasteiger partial charge in [0, 0.05) is 36.6 Å². The number of nitrogens with zero attached hydrogens (tertiary/aromatic N) is 3. The number of hydrogen-bond acceptors (Lipinski definition) is 6. The van der Waals surface area contributed by atoms with Crippen molar-refractivity contribution in [2.75, 3.05) is 26.7 Å². The van der Waals surface area contributed by atoms with Crippen LogP contribution in [0.3, 0.4) is 0 Å². The lowest BCUT2D eigenvalue weighted by molar-refractivity contribution is -0.143. The highest BCUT2D eigenvalue weighted by atomic mass is 35.5. The van der Waals surface area contributed by atoms with Gasteiger partial charge in [-0.1, -0.05) is 53.5 Å². The zero-order valence-corrected chi connectivity index (χ0v) is 24.3. The molecule has 2 heterocycles. The summed E-state index contributed by atoms with van der Waals surface area (Å²) in [6, 6.07) is 12.8. The van der Waals surface area contributed by atoms with E-state index in [9.17, 15) is 19.2 Å². The van der Waals surface area contributed by atoms with Crippen LogP contribution in [0.4, 0.5) is 4.79 Å². The Labute approximate surface area is 247 Å². The number of carboxylic acid groups (broad SMARTS) is 1. The first-order valence-corrected chi connectivity index (χ1v) is 13.7. The predicted octanol–water partition coefficient (Wildman–Crippen LogP) is 3.19. The van der Waals surface area contributed by atoms with Crippen LogP contribution in [-0.2, 0) is 20.8 Å². The van der Waals surface area contributed by atoms with E-state index < -0.39 is 34.9 Å². The SMILES string of the molecule is CN1N=C2CCN(C(=O)[C@@H](COc3cc(Cl)cc(Cl)c3)NC(=O)C(C)(C)NC(=O)O)C[C@@]2(Cc2ccccc2)C1=O. The van der Waals surface area contributed by atoms with Crippen molar-refractivity contribution in [3.8, 4) is 5.75 Å². The summed E-state index contributed by atoms with van der Waals surface area (Å²) in [5, 5.41) is 20.4. The van der Waals surface area contributed by atoms with Gasteiger partial charge in [-0.15, -0.1) is 0 Å². The van der Waals surface area contributed by atoms with E-state index >= 15 is 0 Å². The van der Waals surface area contributed by atoms with Crippen molar-refractivity contribution >= 4 is 52.7 Å². The Hall–Kier alpha value is -3.83. The van der Waals surface area contributed by atoms with E-state index in [1.54, 1.807) is 7.05 Å². The molecule has 0 radical (unpaired) electrons. The van der Waals surface area contributed by atoms with Crippen molar-refractivity contribution in [2.24, 2.45) is 10.5 Å². The molecule has 2 atom stereocenters. The number of piperidine rings is 1. The third-order valence-corrected chi connectivity index (χ3v) is 7.55. The van der Waals surface area contributed by atoms with Gasteiger partial charge in [0.2, 0.25) is 11.8 Å². The van der Waals surface area contributed by atoms with Gasteiger partial charge >= 0.3 is 6.09 Å². The monoisotopic (exact) mass is 603 g/mol. The number of fused-ring (bicyclic) bond motifs is 1. The molecule has 4 rings (SSSR count). The molecule has 2 aliphatic rings. The van der Waals surface area contributed by atoms with Gasteiger partial charge in [0.25, 0.3) is 5.91 Å². The summed E-state index contributed by atoms with van der Waals surface area (Å²) >= 11 is 12.2. The minimum atomic E-state index is -1.55. The highest BCUT2D eigenvalue weighted by molar-refractivity contribution is 6.34. The molecule has 11 nitrogen and oxygen atoms in total. The third-order valence-electron chi connectivity index (χ3n) is 7.11. The van der Waals surface area contributed by atoms with E-state index in [2.05, 4.69) is 15.7 Å². The van der Waals surface area contributed by atoms with Crippen LogP contribution in [-0.4, -0.2) is 82.9 Å². The topological polar surface area (TPSA) is 141 Å². The highest BCUT2D eigenvalue weighted by Gasteiger charge is 2.54. The van der Waals surface area contributed by atoms with Crippen molar-refractivity contribution in [3.63, 3.8) is 0 Å². The fourth-order valence-electron chi connectivity index (χ4n) is 5.06. The minimum absolute atomic E-state index is 0.0505. The summed E-state index contributed by atoms with van der Waals surface area (Å²) < 4.78 is 5.82. The van der Waals surface area contributed by atoms with E-state index in [4.69, 9.17) is 33.0 Å². The smallest absolute Gasteiger partial charge is 0.405 e. The van der Waals surface area contributed by atoms with E-state index in [1.807, 2.05) is 30.3 Å². The lowest BCUT2D eigenvalue weighted by atomic mass is 9.73. The first kappa shape index (κ1) is 30.1. The molecule has 2 aliphatic heterocycles. The third kappa shape index (κ3) is 6.74. The van der Waals surface area contributed by atoms with E-state index in [1.165, 1.54) is 42.0 Å². The molecule has 3 N–H and O–H groups in total. The van der Waals surface area contributed by atoms with Crippen LogP contribution in [0.2, 0.25) is 10.0 Å². The number of likely N-dealkylation sites (tertiary alicyclic amines) is 1. The molecule has 0 bridgehead atoms. The zero-order valence-electron chi connectivity index (χ0n) is 22.8. The Morgan fingerprint density at radius 3 is 2.44 bits per heavy atom. The lowest BCUT2D eigenvalue weighted by Gasteiger charge is -2.40. The number of hydrazone groups is 1. The fourth-order valence-corrected chi connectivity index (χ4v) is 5.57. The number of carbonyl (C=O) groups is 4. The van der Waals surface area contributed by atoms with Crippen LogP contribution < -0.4 is 15.4 Å². The number of nitrogens with one attached hydrogen (secondary N) is 2. The molecule has 218 valence electrons. The first-order valence-electron chi connectivity index (χ1n) is 12.9. The summed E-state index contributed by atoms with van der Waals surface area (Å²) in [7, 11) is 1.59. The Morgan fingerprint density at radius 1 is 1.15 bits per heavy atom. The number of ether oxygens (including phenoxy) is 1. The van der Waals surface area contributed by atoms with Crippen LogP contribution in [0.25, 0.3) is 0 Å². The largest absolute Gasteiger partial charge is 0.491 e. The van der Waals surface area contributed by atoms with Gasteiger partial charge in [-0.05, 0) is 44.0 Å². The number of rotatable bonds is 9. The predicted molar refractivity (Wildman–Crippen MR) is 153 cm³/mol. The maximum Gasteiger partial charge on any atom is 0.405 e. The number of amides is 4. The molecule has 1 saturated heterocycles. The van der Waals surface area contributed by atoms with Crippen LogP contribution in [0.1, 0.15) is 25.8 Å². The number of benzene rings is 2. The molecule has 0 unspecified atom stereocenters. The average molecular weight is 604 g/mol. The Kier molecular flexibility index (Phi) is 8.79. The van der Waals surface area contributed by atoms with Crippen molar-refractivity contribution in [1.82, 2.24) is 20.5 Å². The zero-order chi connectivity index (χ0) is 29.9. The second-order valence-corrected chi connectivity index (χ2v) is 11.5. The van der Waals surface area contributed by atoms with Gasteiger partial charge in [-0.25, -0.2) is 9.80 Å². The Bertz CT molecular complexity index is 1370. The van der Waals surface area contributed by atoms with Crippen molar-refractivity contribution in [3.05, 3.63) is 64.1 Å². The molecular formula is C28H31Cl2N5O6. The van der Waals surface area contributed by atoms with Crippen molar-refractivity contribution in [1.29, 1.82) is 0 Å². The molecule has 1 fully saturated rings. The van der Waals surface area contributed by atoms with E-state index in [0.717, 1.165) is 5.56 Å². The van der Waals surface area contributed by atoms with Gasteiger partial charge in [0.1, 0.15) is 29.4 Å². The molecule has 41 heavy (non-hydrogen) atoms. The Morgan fingerprint density at radius 2 is 1.80 bits per heavy atom. The molecule has 0 aromatic heterocycles. The lowest BCUT2D eigenvalue weighted by Crippen LogP contribution is -2.62.